The Hall–Kier alpha value is -2.44. The van der Waals surface area contributed by atoms with Gasteiger partial charge < -0.3 is 15.0 Å². The van der Waals surface area contributed by atoms with Gasteiger partial charge in [0.2, 0.25) is 0 Å². The second-order valence-corrected chi connectivity index (χ2v) is 8.54. The molecule has 146 valence electrons. The molecule has 1 aliphatic carbocycles. The van der Waals surface area contributed by atoms with Gasteiger partial charge >= 0.3 is 5.97 Å². The van der Waals surface area contributed by atoms with Crippen LogP contribution in [-0.4, -0.2) is 45.7 Å². The number of nitrogens with one attached hydrogen (secondary N) is 1. The Morgan fingerprint density at radius 3 is 2.74 bits per heavy atom. The molecule has 2 heterocycles. The number of hydrogen-bond donors (Lipinski definition) is 2. The molecule has 0 bridgehead atoms. The predicted octanol–water partition coefficient (Wildman–Crippen LogP) is 2.25. The Morgan fingerprint density at radius 1 is 1.30 bits per heavy atom. The Morgan fingerprint density at radius 2 is 2.04 bits per heavy atom. The number of likely N-dealkylation sites (tertiary alicyclic amines) is 1. The minimum Gasteiger partial charge on any atom is -0.481 e. The van der Waals surface area contributed by atoms with Crippen LogP contribution in [0.15, 0.2) is 10.9 Å². The lowest BCUT2D eigenvalue weighted by Gasteiger charge is -2.33. The molecule has 0 aromatic carbocycles. The summed E-state index contributed by atoms with van der Waals surface area (Å²) in [4.78, 5) is 53.0. The lowest BCUT2D eigenvalue weighted by Crippen LogP contribution is -2.42. The van der Waals surface area contributed by atoms with Crippen molar-refractivity contribution in [3.63, 3.8) is 0 Å². The number of fused-ring (bicyclic) bond motifs is 1. The Kier molecular flexibility index (Phi) is 5.22. The van der Waals surface area contributed by atoms with E-state index in [2.05, 4.69) is 4.98 Å². The van der Waals surface area contributed by atoms with Crippen LogP contribution in [0, 0.1) is 11.3 Å². The van der Waals surface area contributed by atoms with Crippen LogP contribution in [0.3, 0.4) is 0 Å². The number of aliphatic carboxylic acids is 1. The monoisotopic (exact) mass is 374 g/mol. The highest BCUT2D eigenvalue weighted by Gasteiger charge is 2.34. The van der Waals surface area contributed by atoms with Crippen LogP contribution < -0.4 is 5.56 Å². The molecule has 1 aromatic heterocycles. The molecule has 0 spiro atoms. The fourth-order valence-electron chi connectivity index (χ4n) is 4.17. The molecule has 7 nitrogen and oxygen atoms in total. The molecule has 2 N–H and O–H groups in total. The lowest BCUT2D eigenvalue weighted by molar-refractivity contribution is -0.137. The van der Waals surface area contributed by atoms with Gasteiger partial charge in [0, 0.05) is 37.2 Å². The first kappa shape index (κ1) is 19.3. The van der Waals surface area contributed by atoms with E-state index < -0.39 is 11.5 Å². The van der Waals surface area contributed by atoms with E-state index in [0.717, 1.165) is 12.8 Å². The molecule has 1 aliphatic heterocycles. The van der Waals surface area contributed by atoms with Gasteiger partial charge in [0.05, 0.1) is 0 Å². The maximum Gasteiger partial charge on any atom is 0.303 e. The van der Waals surface area contributed by atoms with E-state index in [1.165, 1.54) is 6.07 Å². The quantitative estimate of drug-likeness (QED) is 0.840. The molecule has 1 atom stereocenters. The maximum atomic E-state index is 12.9. The highest BCUT2D eigenvalue weighted by atomic mass is 16.4. The molecular formula is C20H26N2O5. The number of ketones is 1. The average molecular weight is 374 g/mol. The van der Waals surface area contributed by atoms with Crippen LogP contribution in [-0.2, 0) is 11.2 Å². The fraction of sp³-hybridized carbons (Fsp3) is 0.600. The number of rotatable bonds is 4. The Bertz CT molecular complexity index is 839. The molecule has 0 radical (unpaired) electrons. The number of aromatic nitrogens is 1. The van der Waals surface area contributed by atoms with Gasteiger partial charge in [-0.15, -0.1) is 0 Å². The molecular weight excluding hydrogens is 348 g/mol. The highest BCUT2D eigenvalue weighted by Crippen LogP contribution is 2.33. The zero-order valence-electron chi connectivity index (χ0n) is 15.8. The normalized spacial score (nSPS) is 21.6. The smallest absolute Gasteiger partial charge is 0.303 e. The summed E-state index contributed by atoms with van der Waals surface area (Å²) in [7, 11) is 0. The van der Waals surface area contributed by atoms with Crippen LogP contribution in [0.5, 0.6) is 0 Å². The van der Waals surface area contributed by atoms with Crippen molar-refractivity contribution in [1.82, 2.24) is 9.88 Å². The number of hydrogen-bond acceptors (Lipinski definition) is 4. The van der Waals surface area contributed by atoms with Crippen molar-refractivity contribution < 1.29 is 19.5 Å². The molecule has 7 heteroatoms. The van der Waals surface area contributed by atoms with Crippen LogP contribution in [0.2, 0.25) is 0 Å². The summed E-state index contributed by atoms with van der Waals surface area (Å²) >= 11 is 0. The number of nitrogens with zero attached hydrogens (tertiary/aromatic N) is 1. The van der Waals surface area contributed by atoms with Gasteiger partial charge in [-0.1, -0.05) is 13.8 Å². The van der Waals surface area contributed by atoms with Gasteiger partial charge in [0.15, 0.2) is 5.78 Å². The summed E-state index contributed by atoms with van der Waals surface area (Å²) in [6.45, 7) is 4.95. The molecule has 1 fully saturated rings. The minimum atomic E-state index is -0.842. The Balaban J connectivity index is 1.81. The molecule has 3 rings (SSSR count). The summed E-state index contributed by atoms with van der Waals surface area (Å²) in [6.07, 6.45) is 3.25. The van der Waals surface area contributed by atoms with Gasteiger partial charge in [-0.25, -0.2) is 0 Å². The number of piperidine rings is 1. The molecule has 1 saturated heterocycles. The number of carbonyl (C=O) groups is 3. The third-order valence-electron chi connectivity index (χ3n) is 5.52. The van der Waals surface area contributed by atoms with Crippen molar-refractivity contribution in [3.05, 3.63) is 33.2 Å². The second kappa shape index (κ2) is 7.29. The van der Waals surface area contributed by atoms with Gasteiger partial charge in [0.1, 0.15) is 5.56 Å². The zero-order chi connectivity index (χ0) is 19.8. The first-order chi connectivity index (χ1) is 12.7. The van der Waals surface area contributed by atoms with Gasteiger partial charge in [-0.3, -0.25) is 19.2 Å². The number of H-pyrrole nitrogens is 1. The van der Waals surface area contributed by atoms with E-state index in [9.17, 15) is 19.2 Å². The van der Waals surface area contributed by atoms with Crippen molar-refractivity contribution >= 4 is 17.7 Å². The van der Waals surface area contributed by atoms with Crippen molar-refractivity contribution in [1.29, 1.82) is 0 Å². The van der Waals surface area contributed by atoms with E-state index in [1.54, 1.807) is 4.90 Å². The van der Waals surface area contributed by atoms with E-state index in [0.29, 0.717) is 43.6 Å². The number of pyridine rings is 1. The summed E-state index contributed by atoms with van der Waals surface area (Å²) < 4.78 is 0. The highest BCUT2D eigenvalue weighted by molar-refractivity contribution is 6.02. The number of carbonyl (C=O) groups excluding carboxylic acids is 2. The first-order valence-electron chi connectivity index (χ1n) is 9.47. The van der Waals surface area contributed by atoms with E-state index in [-0.39, 0.29) is 35.0 Å². The van der Waals surface area contributed by atoms with Gasteiger partial charge in [-0.05, 0) is 43.1 Å². The van der Waals surface area contributed by atoms with Crippen LogP contribution in [0.1, 0.15) is 72.4 Å². The van der Waals surface area contributed by atoms with Crippen LogP contribution >= 0.6 is 0 Å². The zero-order valence-corrected chi connectivity index (χ0v) is 15.8. The maximum absolute atomic E-state index is 12.9. The van der Waals surface area contributed by atoms with E-state index in [4.69, 9.17) is 5.11 Å². The fourth-order valence-corrected chi connectivity index (χ4v) is 4.17. The number of carboxylic acid groups (broad SMARTS) is 1. The molecule has 1 aromatic rings. The van der Waals surface area contributed by atoms with Crippen LogP contribution in [0.4, 0.5) is 0 Å². The van der Waals surface area contributed by atoms with Crippen LogP contribution in [0.25, 0.3) is 0 Å². The number of carboxylic acids is 1. The van der Waals surface area contributed by atoms with Crippen molar-refractivity contribution in [2.24, 2.45) is 11.3 Å². The van der Waals surface area contributed by atoms with E-state index >= 15 is 0 Å². The molecule has 27 heavy (non-hydrogen) atoms. The van der Waals surface area contributed by atoms with Gasteiger partial charge in [0.25, 0.3) is 11.5 Å². The summed E-state index contributed by atoms with van der Waals surface area (Å²) in [6, 6.07) is 1.45. The minimum absolute atomic E-state index is 0.000640. The second-order valence-electron chi connectivity index (χ2n) is 8.54. The number of amides is 1. The summed E-state index contributed by atoms with van der Waals surface area (Å²) in [5.74, 6) is -1.15. The third kappa shape index (κ3) is 4.28. The average Bonchev–Trinajstić information content (AvgIpc) is 2.58. The van der Waals surface area contributed by atoms with E-state index in [1.807, 2.05) is 13.8 Å². The molecule has 1 amide bonds. The SMILES string of the molecule is CC1(C)CC(=O)c2cc(C(=O)N3CCCC(CCC(=O)O)C3)c(=O)[nH]c2C1. The molecule has 1 unspecified atom stereocenters. The predicted molar refractivity (Wildman–Crippen MR) is 99.0 cm³/mol. The standard InChI is InChI=1S/C20H26N2O5/c1-20(2)9-15-13(16(23)10-20)8-14(18(26)21-15)19(27)22-7-3-4-12(11-22)5-6-17(24)25/h8,12H,3-7,9-11H2,1-2H3,(H,21,26)(H,24,25). The third-order valence-corrected chi connectivity index (χ3v) is 5.52. The summed E-state index contributed by atoms with van der Waals surface area (Å²) in [5, 5.41) is 8.85. The number of aromatic amines is 1. The van der Waals surface area contributed by atoms with Gasteiger partial charge in [-0.2, -0.15) is 0 Å². The van der Waals surface area contributed by atoms with Crippen molar-refractivity contribution in [2.75, 3.05) is 13.1 Å². The molecule has 0 saturated carbocycles. The summed E-state index contributed by atoms with van der Waals surface area (Å²) in [5.41, 5.74) is 0.382. The van der Waals surface area contributed by atoms with Crippen molar-refractivity contribution in [2.45, 2.75) is 52.4 Å². The van der Waals surface area contributed by atoms with Crippen molar-refractivity contribution in [3.8, 4) is 0 Å². The first-order valence-corrected chi connectivity index (χ1v) is 9.47. The molecule has 2 aliphatic rings. The topological polar surface area (TPSA) is 108 Å². The largest absolute Gasteiger partial charge is 0.481 e. The number of Topliss-reactive ketones (excluding diaryl/α,β-unsaturated/α-hetero) is 1. The lowest BCUT2D eigenvalue weighted by atomic mass is 9.75. The Labute approximate surface area is 157 Å².